The zero-order chi connectivity index (χ0) is 23.0. The summed E-state index contributed by atoms with van der Waals surface area (Å²) in [6.07, 6.45) is 4.16. The molecule has 32 heavy (non-hydrogen) atoms. The van der Waals surface area contributed by atoms with Crippen molar-refractivity contribution in [3.05, 3.63) is 34.5 Å². The number of nitrogens with zero attached hydrogens (tertiary/aromatic N) is 4. The van der Waals surface area contributed by atoms with Gasteiger partial charge < -0.3 is 25.5 Å². The second-order valence-corrected chi connectivity index (χ2v) is 9.92. The van der Waals surface area contributed by atoms with Crippen molar-refractivity contribution in [2.45, 2.75) is 11.4 Å². The van der Waals surface area contributed by atoms with Gasteiger partial charge in [-0.3, -0.25) is 14.5 Å². The first-order valence-corrected chi connectivity index (χ1v) is 11.7. The van der Waals surface area contributed by atoms with Crippen LogP contribution >= 0.6 is 23.1 Å². The van der Waals surface area contributed by atoms with E-state index in [0.29, 0.717) is 16.8 Å². The molecule has 0 bridgehead atoms. The molecule has 0 radical (unpaired) electrons. The highest BCUT2D eigenvalue weighted by atomic mass is 32.2. The Morgan fingerprint density at radius 2 is 2.16 bits per heavy atom. The van der Waals surface area contributed by atoms with E-state index in [4.69, 9.17) is 10.6 Å². The van der Waals surface area contributed by atoms with Gasteiger partial charge in [-0.05, 0) is 12.2 Å². The molecular formula is C19H23N6O5S2+. The Kier molecular flexibility index (Phi) is 5.97. The molecule has 0 spiro atoms. The number of carbonyl (C=O) groups is 3. The molecule has 1 aromatic heterocycles. The number of anilines is 1. The molecule has 1 fully saturated rings. The number of hydrogen-bond acceptors (Lipinski definition) is 9. The third kappa shape index (κ3) is 3.98. The highest BCUT2D eigenvalue weighted by Gasteiger charge is 2.55. The summed E-state index contributed by atoms with van der Waals surface area (Å²) in [5.74, 6) is -1.79. The molecule has 13 heteroatoms. The number of aliphatic carboxylic acids is 1. The third-order valence-electron chi connectivity index (χ3n) is 5.53. The van der Waals surface area contributed by atoms with Crippen LogP contribution in [0, 0.1) is 0 Å². The van der Waals surface area contributed by atoms with Gasteiger partial charge in [0.2, 0.25) is 0 Å². The number of amides is 2. The number of likely N-dealkylation sites (N-methyl/N-ethyl adjacent to an activating group) is 1. The number of nitrogen functional groups attached to an aromatic ring is 1. The Balaban J connectivity index is 1.52. The van der Waals surface area contributed by atoms with Crippen molar-refractivity contribution in [3.8, 4) is 0 Å². The van der Waals surface area contributed by atoms with Crippen LogP contribution in [0.15, 0.2) is 34.0 Å². The molecule has 3 aliphatic heterocycles. The zero-order valence-electron chi connectivity index (χ0n) is 17.5. The molecule has 2 atom stereocenters. The number of aromatic nitrogens is 1. The third-order valence-corrected chi connectivity index (χ3v) is 7.54. The van der Waals surface area contributed by atoms with Crippen LogP contribution in [0.5, 0.6) is 0 Å². The van der Waals surface area contributed by atoms with Gasteiger partial charge >= 0.3 is 5.97 Å². The highest BCUT2D eigenvalue weighted by molar-refractivity contribution is 8.00. The Morgan fingerprint density at radius 3 is 2.75 bits per heavy atom. The molecule has 11 nitrogen and oxygen atoms in total. The molecule has 1 aromatic rings. The van der Waals surface area contributed by atoms with Gasteiger partial charge in [-0.15, -0.1) is 23.1 Å². The van der Waals surface area contributed by atoms with Gasteiger partial charge in [0.25, 0.3) is 11.8 Å². The molecule has 1 unspecified atom stereocenters. The lowest BCUT2D eigenvalue weighted by molar-refractivity contribution is -0.889. The van der Waals surface area contributed by atoms with E-state index in [1.807, 2.05) is 0 Å². The highest BCUT2D eigenvalue weighted by Crippen LogP contribution is 2.41. The summed E-state index contributed by atoms with van der Waals surface area (Å²) in [5.41, 5.74) is 6.50. The Hall–Kier alpha value is -2.90. The maximum Gasteiger partial charge on any atom is 0.352 e. The van der Waals surface area contributed by atoms with Crippen LogP contribution in [0.2, 0.25) is 0 Å². The number of thiazole rings is 1. The van der Waals surface area contributed by atoms with Crippen molar-refractivity contribution >= 4 is 51.7 Å². The van der Waals surface area contributed by atoms with Crippen LogP contribution < -0.4 is 11.1 Å². The maximum absolute atomic E-state index is 12.9. The predicted molar refractivity (Wildman–Crippen MR) is 120 cm³/mol. The number of nitrogens with one attached hydrogen (secondary N) is 1. The van der Waals surface area contributed by atoms with Crippen molar-refractivity contribution in [2.75, 3.05) is 45.3 Å². The number of oxime groups is 1. The van der Waals surface area contributed by atoms with Gasteiger partial charge in [0.15, 0.2) is 10.8 Å². The fraction of sp³-hybridized carbons (Fsp3) is 0.421. The minimum atomic E-state index is -1.14. The number of thioether (sulfide) groups is 1. The van der Waals surface area contributed by atoms with E-state index in [1.54, 1.807) is 5.38 Å². The smallest absolute Gasteiger partial charge is 0.352 e. The quantitative estimate of drug-likeness (QED) is 0.161. The Bertz CT molecular complexity index is 1060. The number of fused-ring (bicyclic) bond motifs is 1. The summed E-state index contributed by atoms with van der Waals surface area (Å²) >= 11 is 2.58. The second-order valence-electron chi connectivity index (χ2n) is 7.93. The molecule has 2 amide bonds. The molecule has 0 aliphatic carbocycles. The minimum absolute atomic E-state index is 0.0218. The van der Waals surface area contributed by atoms with Crippen molar-refractivity contribution in [3.63, 3.8) is 0 Å². The predicted octanol–water partition coefficient (Wildman–Crippen LogP) is -0.169. The van der Waals surface area contributed by atoms with Crippen molar-refractivity contribution in [1.82, 2.24) is 15.2 Å². The largest absolute Gasteiger partial charge is 0.477 e. The molecule has 0 saturated carbocycles. The molecule has 170 valence electrons. The van der Waals surface area contributed by atoms with Crippen molar-refractivity contribution in [1.29, 1.82) is 0 Å². The van der Waals surface area contributed by atoms with E-state index in [0.717, 1.165) is 30.0 Å². The van der Waals surface area contributed by atoms with Crippen LogP contribution in [0.1, 0.15) is 5.69 Å². The molecule has 0 aromatic carbocycles. The number of carboxylic acids is 1. The average molecular weight is 480 g/mol. The van der Waals surface area contributed by atoms with Crippen LogP contribution in [-0.2, 0) is 19.2 Å². The number of nitrogens with two attached hydrogens (primary N) is 1. The van der Waals surface area contributed by atoms with Gasteiger partial charge in [0.1, 0.15) is 36.5 Å². The van der Waals surface area contributed by atoms with Gasteiger partial charge in [0.05, 0.1) is 20.1 Å². The van der Waals surface area contributed by atoms with E-state index in [9.17, 15) is 19.5 Å². The van der Waals surface area contributed by atoms with E-state index in [1.165, 1.54) is 23.8 Å². The van der Waals surface area contributed by atoms with Gasteiger partial charge in [0, 0.05) is 16.7 Å². The van der Waals surface area contributed by atoms with Crippen LogP contribution in [-0.4, -0.2) is 93.9 Å². The summed E-state index contributed by atoms with van der Waals surface area (Å²) in [7, 11) is 3.35. The van der Waals surface area contributed by atoms with Crippen LogP contribution in [0.4, 0.5) is 5.13 Å². The van der Waals surface area contributed by atoms with E-state index >= 15 is 0 Å². The lowest BCUT2D eigenvalue weighted by Gasteiger charge is -2.49. The number of carboxylic acid groups (broad SMARTS) is 1. The summed E-state index contributed by atoms with van der Waals surface area (Å²) in [6, 6.07) is -0.875. The number of β-lactam (4-membered cyclic amide) rings is 1. The average Bonchev–Trinajstić information content (AvgIpc) is 3.37. The molecule has 4 N–H and O–H groups in total. The van der Waals surface area contributed by atoms with Gasteiger partial charge in [-0.1, -0.05) is 5.16 Å². The number of hydrogen-bond donors (Lipinski definition) is 3. The van der Waals surface area contributed by atoms with Crippen LogP contribution in [0.25, 0.3) is 0 Å². The van der Waals surface area contributed by atoms with E-state index in [2.05, 4.69) is 34.7 Å². The first kappa shape index (κ1) is 22.3. The Morgan fingerprint density at radius 1 is 1.44 bits per heavy atom. The molecule has 1 saturated heterocycles. The van der Waals surface area contributed by atoms with Crippen LogP contribution in [0.3, 0.4) is 0 Å². The summed E-state index contributed by atoms with van der Waals surface area (Å²) in [5, 5.41) is 17.5. The number of carbonyl (C=O) groups excluding carboxylic acids is 2. The molecule has 3 aliphatic rings. The normalized spacial score (nSPS) is 24.2. The second kappa shape index (κ2) is 8.56. The molecule has 4 heterocycles. The minimum Gasteiger partial charge on any atom is -0.477 e. The zero-order valence-corrected chi connectivity index (χ0v) is 19.1. The number of rotatable bonds is 7. The van der Waals surface area contributed by atoms with Crippen molar-refractivity contribution < 1.29 is 28.8 Å². The van der Waals surface area contributed by atoms with E-state index in [-0.39, 0.29) is 22.2 Å². The van der Waals surface area contributed by atoms with Gasteiger partial charge in [-0.25, -0.2) is 9.78 Å². The Labute approximate surface area is 192 Å². The fourth-order valence-corrected chi connectivity index (χ4v) is 5.91. The summed E-state index contributed by atoms with van der Waals surface area (Å²) in [6.45, 7) is 2.19. The molecule has 4 rings (SSSR count). The van der Waals surface area contributed by atoms with E-state index < -0.39 is 29.2 Å². The number of quaternary nitrogens is 1. The first-order valence-electron chi connectivity index (χ1n) is 9.76. The van der Waals surface area contributed by atoms with Gasteiger partial charge in [-0.2, -0.15) is 0 Å². The lowest BCUT2D eigenvalue weighted by Crippen LogP contribution is -2.71. The molecular weight excluding hydrogens is 456 g/mol. The monoisotopic (exact) mass is 479 g/mol. The fourth-order valence-electron chi connectivity index (χ4n) is 4.03. The van der Waals surface area contributed by atoms with Crippen molar-refractivity contribution in [2.24, 2.45) is 5.16 Å². The summed E-state index contributed by atoms with van der Waals surface area (Å²) < 4.78 is 0.674. The summed E-state index contributed by atoms with van der Waals surface area (Å²) in [4.78, 5) is 47.8. The lowest BCUT2D eigenvalue weighted by atomic mass is 10.0. The topological polar surface area (TPSA) is 147 Å². The standard InChI is InChI=1S/C19H22N6O5S2/c1-25(5-3-4-6-25)7-10-8-31-17-13(16(27)24(17)14(10)18(28)29)22-15(26)12(23-30-2)11-9-32-19(20)21-11/h3-4,9,13,17H,5-8H2,1-2H3,(H3-,20,21,22,26,28,29)/p+1/b23-12-/t13?,17-/m1/s1. The maximum atomic E-state index is 12.9. The first-order chi connectivity index (χ1) is 15.2. The SMILES string of the molecule is CO/N=C(\C(=O)NC1C(=O)N2C(C(=O)O)=C(C[N+]3(C)CC=CC3)CS[C@H]12)c1csc(N)n1.